The fourth-order valence-electron chi connectivity index (χ4n) is 1.97. The Kier molecular flexibility index (Phi) is 6.60. The Morgan fingerprint density at radius 3 is 2.44 bits per heavy atom. The van der Waals surface area contributed by atoms with Gasteiger partial charge >= 0.3 is 0 Å². The van der Waals surface area contributed by atoms with Gasteiger partial charge in [0.15, 0.2) is 0 Å². The molecule has 1 atom stereocenters. The molecule has 0 aliphatic heterocycles. The first-order chi connectivity index (χ1) is 8.52. The minimum atomic E-state index is -0.229. The smallest absolute Gasteiger partial charge is 0.235 e. The first-order valence-corrected chi connectivity index (χ1v) is 6.95. The third-order valence-electron chi connectivity index (χ3n) is 3.20. The molecule has 1 aliphatic carbocycles. The van der Waals surface area contributed by atoms with Crippen molar-refractivity contribution in [1.29, 1.82) is 0 Å². The molecule has 106 valence electrons. The summed E-state index contributed by atoms with van der Waals surface area (Å²) in [5.41, 5.74) is 5.47. The summed E-state index contributed by atoms with van der Waals surface area (Å²) < 4.78 is 0. The molecule has 5 heteroatoms. The molecule has 3 N–H and O–H groups in total. The zero-order chi connectivity index (χ0) is 13.5. The third-order valence-corrected chi connectivity index (χ3v) is 3.20. The van der Waals surface area contributed by atoms with Crippen LogP contribution in [0, 0.1) is 0 Å². The summed E-state index contributed by atoms with van der Waals surface area (Å²) in [6.07, 6.45) is 3.45. The predicted molar refractivity (Wildman–Crippen MR) is 74.4 cm³/mol. The minimum Gasteiger partial charge on any atom is -0.368 e. The van der Waals surface area contributed by atoms with Gasteiger partial charge in [-0.3, -0.25) is 9.69 Å². The van der Waals surface area contributed by atoms with E-state index in [4.69, 9.17) is 5.73 Å². The van der Waals surface area contributed by atoms with Crippen LogP contribution in [0.4, 0.5) is 0 Å². The molecule has 0 aromatic carbocycles. The molecule has 1 fully saturated rings. The number of nitrogens with zero attached hydrogens (tertiary/aromatic N) is 2. The number of hydrogen-bond acceptors (Lipinski definition) is 4. The van der Waals surface area contributed by atoms with E-state index in [0.717, 1.165) is 32.6 Å². The third kappa shape index (κ3) is 6.33. The molecular formula is C13H28N4O. The summed E-state index contributed by atoms with van der Waals surface area (Å²) in [5.74, 6) is -0.229. The lowest BCUT2D eigenvalue weighted by Gasteiger charge is -2.27. The van der Waals surface area contributed by atoms with Crippen molar-refractivity contribution in [1.82, 2.24) is 15.1 Å². The average Bonchev–Trinajstić information content (AvgIpc) is 3.08. The Labute approximate surface area is 111 Å². The molecular weight excluding hydrogens is 228 g/mol. The fraction of sp³-hybridized carbons (Fsp3) is 0.923. The molecule has 18 heavy (non-hydrogen) atoms. The van der Waals surface area contributed by atoms with Gasteiger partial charge < -0.3 is 16.0 Å². The van der Waals surface area contributed by atoms with Crippen LogP contribution in [-0.4, -0.2) is 68.1 Å². The maximum atomic E-state index is 11.5. The molecule has 0 radical (unpaired) electrons. The van der Waals surface area contributed by atoms with Gasteiger partial charge in [0, 0.05) is 25.7 Å². The van der Waals surface area contributed by atoms with Crippen molar-refractivity contribution in [2.75, 3.05) is 40.3 Å². The highest BCUT2D eigenvalue weighted by atomic mass is 16.1. The number of hydrogen-bond donors (Lipinski definition) is 2. The Balaban J connectivity index is 2.40. The maximum absolute atomic E-state index is 11.5. The first-order valence-electron chi connectivity index (χ1n) is 6.95. The minimum absolute atomic E-state index is 0.203. The zero-order valence-corrected chi connectivity index (χ0v) is 12.0. The van der Waals surface area contributed by atoms with Crippen LogP contribution in [0.5, 0.6) is 0 Å². The van der Waals surface area contributed by atoms with Gasteiger partial charge in [-0.15, -0.1) is 0 Å². The topological polar surface area (TPSA) is 61.6 Å². The number of likely N-dealkylation sites (N-methyl/N-ethyl adjacent to an activating group) is 1. The molecule has 0 heterocycles. The lowest BCUT2D eigenvalue weighted by atomic mass is 10.2. The maximum Gasteiger partial charge on any atom is 0.235 e. The zero-order valence-electron chi connectivity index (χ0n) is 12.0. The summed E-state index contributed by atoms with van der Waals surface area (Å²) in [6, 6.07) is 0.311. The van der Waals surface area contributed by atoms with Gasteiger partial charge in [-0.05, 0) is 39.9 Å². The summed E-state index contributed by atoms with van der Waals surface area (Å²) in [5, 5.41) is 3.34. The summed E-state index contributed by atoms with van der Waals surface area (Å²) >= 11 is 0. The van der Waals surface area contributed by atoms with Crippen molar-refractivity contribution in [2.45, 2.75) is 38.3 Å². The monoisotopic (exact) mass is 256 g/mol. The second-order valence-electron chi connectivity index (χ2n) is 5.50. The van der Waals surface area contributed by atoms with Gasteiger partial charge in [0.25, 0.3) is 0 Å². The Morgan fingerprint density at radius 2 is 2.00 bits per heavy atom. The number of amides is 1. The van der Waals surface area contributed by atoms with Crippen LogP contribution in [0.15, 0.2) is 0 Å². The van der Waals surface area contributed by atoms with Crippen LogP contribution < -0.4 is 11.1 Å². The molecule has 0 aromatic rings. The fourth-order valence-corrected chi connectivity index (χ4v) is 1.97. The Bertz CT molecular complexity index is 253. The number of rotatable bonds is 10. The molecule has 0 aromatic heterocycles. The number of nitrogens with one attached hydrogen (secondary N) is 1. The van der Waals surface area contributed by atoms with Gasteiger partial charge in [-0.25, -0.2) is 0 Å². The van der Waals surface area contributed by atoms with Crippen LogP contribution in [0.3, 0.4) is 0 Å². The van der Waals surface area contributed by atoms with E-state index in [9.17, 15) is 4.79 Å². The van der Waals surface area contributed by atoms with Crippen molar-refractivity contribution in [3.8, 4) is 0 Å². The quantitative estimate of drug-likeness (QED) is 0.571. The predicted octanol–water partition coefficient (Wildman–Crippen LogP) is -0.134. The van der Waals surface area contributed by atoms with Gasteiger partial charge in [-0.2, -0.15) is 0 Å². The second kappa shape index (κ2) is 7.71. The highest BCUT2D eigenvalue weighted by Gasteiger charge is 2.28. The van der Waals surface area contributed by atoms with Crippen molar-refractivity contribution in [3.05, 3.63) is 0 Å². The lowest BCUT2D eigenvalue weighted by molar-refractivity contribution is -0.120. The number of carbonyl (C=O) groups excluding carboxylic acids is 1. The summed E-state index contributed by atoms with van der Waals surface area (Å²) in [6.45, 7) is 5.90. The van der Waals surface area contributed by atoms with E-state index in [1.54, 1.807) is 0 Å². The average molecular weight is 256 g/mol. The van der Waals surface area contributed by atoms with Crippen molar-refractivity contribution >= 4 is 5.91 Å². The highest BCUT2D eigenvalue weighted by Crippen LogP contribution is 2.19. The summed E-state index contributed by atoms with van der Waals surface area (Å²) in [4.78, 5) is 16.0. The van der Waals surface area contributed by atoms with Crippen molar-refractivity contribution < 1.29 is 4.79 Å². The lowest BCUT2D eigenvalue weighted by Crippen LogP contribution is -2.51. The second-order valence-corrected chi connectivity index (χ2v) is 5.50. The Hall–Kier alpha value is -0.650. The Morgan fingerprint density at radius 1 is 1.33 bits per heavy atom. The highest BCUT2D eigenvalue weighted by molar-refractivity contribution is 5.80. The molecule has 5 nitrogen and oxygen atoms in total. The SMILES string of the molecule is CCCN(CCN(C)C)CC(NC1CC1)C(N)=O. The molecule has 1 rings (SSSR count). The van der Waals surface area contributed by atoms with Gasteiger partial charge in [0.2, 0.25) is 5.91 Å². The number of carbonyl (C=O) groups is 1. The summed E-state index contributed by atoms with van der Waals surface area (Å²) in [7, 11) is 4.14. The first kappa shape index (κ1) is 15.4. The normalized spacial score (nSPS) is 17.4. The number of nitrogens with two attached hydrogens (primary N) is 1. The largest absolute Gasteiger partial charge is 0.368 e. The van der Waals surface area contributed by atoms with Gasteiger partial charge in [0.1, 0.15) is 0 Å². The van der Waals surface area contributed by atoms with Crippen LogP contribution in [0.25, 0.3) is 0 Å². The molecule has 1 unspecified atom stereocenters. The molecule has 0 saturated heterocycles. The van der Waals surface area contributed by atoms with Crippen molar-refractivity contribution in [2.24, 2.45) is 5.73 Å². The van der Waals surface area contributed by atoms with E-state index in [0.29, 0.717) is 6.04 Å². The van der Waals surface area contributed by atoms with Crippen LogP contribution in [0.2, 0.25) is 0 Å². The molecule has 0 bridgehead atoms. The molecule has 1 amide bonds. The van der Waals surface area contributed by atoms with Crippen molar-refractivity contribution in [3.63, 3.8) is 0 Å². The van der Waals surface area contributed by atoms with E-state index < -0.39 is 0 Å². The number of primary amides is 1. The van der Waals surface area contributed by atoms with E-state index in [1.165, 1.54) is 12.8 Å². The van der Waals surface area contributed by atoms with Gasteiger partial charge in [0.05, 0.1) is 6.04 Å². The van der Waals surface area contributed by atoms with E-state index >= 15 is 0 Å². The molecule has 0 spiro atoms. The van der Waals surface area contributed by atoms with Crippen LogP contribution >= 0.6 is 0 Å². The van der Waals surface area contributed by atoms with E-state index in [-0.39, 0.29) is 11.9 Å². The van der Waals surface area contributed by atoms with Crippen LogP contribution in [0.1, 0.15) is 26.2 Å². The molecule has 1 aliphatic rings. The van der Waals surface area contributed by atoms with E-state index in [1.807, 2.05) is 0 Å². The van der Waals surface area contributed by atoms with Gasteiger partial charge in [-0.1, -0.05) is 6.92 Å². The molecule has 1 saturated carbocycles. The van der Waals surface area contributed by atoms with E-state index in [2.05, 4.69) is 36.1 Å². The standard InChI is InChI=1S/C13H28N4O/c1-4-7-17(9-8-16(2)3)10-12(13(14)18)15-11-5-6-11/h11-12,15H,4-10H2,1-3H3,(H2,14,18). The van der Waals surface area contributed by atoms with Crippen LogP contribution in [-0.2, 0) is 4.79 Å².